The first-order valence-corrected chi connectivity index (χ1v) is 2.94. The molecule has 0 amide bonds. The molecule has 1 aliphatic heterocycles. The first kappa shape index (κ1) is 4.94. The van der Waals surface area contributed by atoms with E-state index in [1.165, 1.54) is 0 Å². The second-order valence-corrected chi connectivity index (χ2v) is 1.86. The van der Waals surface area contributed by atoms with Crippen LogP contribution in [0.1, 0.15) is 0 Å². The van der Waals surface area contributed by atoms with E-state index in [2.05, 4.69) is 4.72 Å². The van der Waals surface area contributed by atoms with Gasteiger partial charge < -0.3 is 0 Å². The molecule has 0 unspecified atom stereocenters. The normalized spacial score (nSPS) is 19.4. The van der Waals surface area contributed by atoms with Crippen molar-refractivity contribution in [3.63, 3.8) is 0 Å². The Morgan fingerprint density at radius 2 is 2.14 bits per heavy atom. The molecule has 1 radical (unpaired) electrons. The number of allylic oxidation sites excluding steroid dienone is 2. The Morgan fingerprint density at radius 1 is 1.14 bits per heavy atom. The molecule has 0 bridgehead atoms. The lowest BCUT2D eigenvalue weighted by Crippen LogP contribution is -1.90. The zero-order chi connectivity index (χ0) is 4.95. The summed E-state index contributed by atoms with van der Waals surface area (Å²) in [5.74, 6) is 0. The summed E-state index contributed by atoms with van der Waals surface area (Å²) in [4.78, 5) is 0. The van der Waals surface area contributed by atoms with Gasteiger partial charge >= 0.3 is 0 Å². The molecule has 0 aromatic carbocycles. The van der Waals surface area contributed by atoms with Gasteiger partial charge in [-0.3, -0.25) is 4.72 Å². The van der Waals surface area contributed by atoms with E-state index in [0.717, 1.165) is 0 Å². The average molecular weight is 112 g/mol. The van der Waals surface area contributed by atoms with Crippen molar-refractivity contribution in [1.29, 1.82) is 0 Å². The molecule has 1 rings (SSSR count). The molecule has 0 saturated heterocycles. The second-order valence-electron chi connectivity index (χ2n) is 1.12. The zero-order valence-corrected chi connectivity index (χ0v) is 4.61. The van der Waals surface area contributed by atoms with Gasteiger partial charge in [-0.05, 0) is 5.41 Å². The van der Waals surface area contributed by atoms with Gasteiger partial charge in [0.25, 0.3) is 0 Å². The highest BCUT2D eigenvalue weighted by Gasteiger charge is 1.79. The van der Waals surface area contributed by atoms with Crippen molar-refractivity contribution < 1.29 is 0 Å². The summed E-state index contributed by atoms with van der Waals surface area (Å²) in [5.41, 5.74) is 0. The van der Waals surface area contributed by atoms with E-state index >= 15 is 0 Å². The quantitative estimate of drug-likeness (QED) is 0.476. The fourth-order valence-electron chi connectivity index (χ4n) is 0.322. The van der Waals surface area contributed by atoms with E-state index in [4.69, 9.17) is 0 Å². The van der Waals surface area contributed by atoms with Crippen LogP contribution in [-0.2, 0) is 0 Å². The molecule has 0 aromatic heterocycles. The van der Waals surface area contributed by atoms with Gasteiger partial charge in [0.05, 0.1) is 6.54 Å². The maximum Gasteiger partial charge on any atom is 0.0556 e. The first-order chi connectivity index (χ1) is 3.50. The predicted octanol–water partition coefficient (Wildman–Crippen LogP) is 1.47. The third kappa shape index (κ3) is 1.80. The molecule has 7 heavy (non-hydrogen) atoms. The van der Waals surface area contributed by atoms with E-state index in [9.17, 15) is 0 Å². The maximum atomic E-state index is 2.97. The maximum absolute atomic E-state index is 2.97. The standard InChI is InChI=1S/C5H6NS/c1-2-4-6-7-5-3-1/h1-6H. The molecular formula is C5H6NS. The molecule has 1 heterocycles. The Morgan fingerprint density at radius 3 is 3.14 bits per heavy atom. The van der Waals surface area contributed by atoms with Gasteiger partial charge in [-0.2, -0.15) is 0 Å². The Labute approximate surface area is 47.6 Å². The van der Waals surface area contributed by atoms with Crippen molar-refractivity contribution in [1.82, 2.24) is 4.72 Å². The lowest BCUT2D eigenvalue weighted by atomic mass is 10.5. The summed E-state index contributed by atoms with van der Waals surface area (Å²) in [6.07, 6.45) is 5.92. The molecule has 1 aliphatic rings. The van der Waals surface area contributed by atoms with Crippen LogP contribution in [0.4, 0.5) is 0 Å². The molecule has 0 spiro atoms. The summed E-state index contributed by atoms with van der Waals surface area (Å²) in [6.45, 7) is 1.89. The fraction of sp³-hybridized carbons (Fsp3) is 0. The van der Waals surface area contributed by atoms with E-state index in [1.807, 2.05) is 30.2 Å². The van der Waals surface area contributed by atoms with E-state index in [1.54, 1.807) is 11.9 Å². The van der Waals surface area contributed by atoms with Crippen molar-refractivity contribution in [3.8, 4) is 0 Å². The lowest BCUT2D eigenvalue weighted by molar-refractivity contribution is 1.30. The molecule has 0 atom stereocenters. The molecule has 0 fully saturated rings. The first-order valence-electron chi connectivity index (χ1n) is 2.06. The highest BCUT2D eigenvalue weighted by Crippen LogP contribution is 1.99. The molecule has 0 aliphatic carbocycles. The molecular weight excluding hydrogens is 106 g/mol. The predicted molar refractivity (Wildman–Crippen MR) is 33.3 cm³/mol. The third-order valence-electron chi connectivity index (χ3n) is 0.601. The number of nitrogens with one attached hydrogen (secondary N) is 1. The van der Waals surface area contributed by atoms with Crippen LogP contribution in [0.5, 0.6) is 0 Å². The second kappa shape index (κ2) is 2.88. The molecule has 1 nitrogen and oxygen atoms in total. The largest absolute Gasteiger partial charge is 0.252 e. The van der Waals surface area contributed by atoms with Gasteiger partial charge in [0.2, 0.25) is 0 Å². The van der Waals surface area contributed by atoms with Crippen LogP contribution in [0.2, 0.25) is 0 Å². The van der Waals surface area contributed by atoms with Crippen LogP contribution in [0.15, 0.2) is 23.6 Å². The number of rotatable bonds is 0. The smallest absolute Gasteiger partial charge is 0.0556 e. The van der Waals surface area contributed by atoms with Crippen molar-refractivity contribution in [2.75, 3.05) is 0 Å². The van der Waals surface area contributed by atoms with Crippen molar-refractivity contribution in [2.24, 2.45) is 0 Å². The minimum Gasteiger partial charge on any atom is -0.252 e. The van der Waals surface area contributed by atoms with Crippen LogP contribution in [0.25, 0.3) is 0 Å². The molecule has 0 saturated carbocycles. The third-order valence-corrected chi connectivity index (χ3v) is 1.17. The monoisotopic (exact) mass is 112 g/mol. The van der Waals surface area contributed by atoms with Crippen LogP contribution in [0, 0.1) is 6.54 Å². The summed E-state index contributed by atoms with van der Waals surface area (Å²) in [6, 6.07) is 0. The van der Waals surface area contributed by atoms with Gasteiger partial charge in [-0.25, -0.2) is 0 Å². The average Bonchev–Trinajstić information content (AvgIpc) is 1.90. The Balaban J connectivity index is 2.39. The fourth-order valence-corrected chi connectivity index (χ4v) is 0.727. The molecule has 37 valence electrons. The zero-order valence-electron chi connectivity index (χ0n) is 3.79. The number of hydrogen-bond acceptors (Lipinski definition) is 2. The van der Waals surface area contributed by atoms with E-state index in [0.29, 0.717) is 0 Å². The van der Waals surface area contributed by atoms with Crippen molar-refractivity contribution >= 4 is 11.9 Å². The minimum atomic E-state index is 1.57. The van der Waals surface area contributed by atoms with Gasteiger partial charge in [0, 0.05) is 0 Å². The Hall–Kier alpha value is -0.210. The van der Waals surface area contributed by atoms with Crippen LogP contribution >= 0.6 is 11.9 Å². The molecule has 0 aromatic rings. The van der Waals surface area contributed by atoms with Crippen LogP contribution in [0.3, 0.4) is 0 Å². The van der Waals surface area contributed by atoms with Crippen molar-refractivity contribution in [3.05, 3.63) is 30.2 Å². The van der Waals surface area contributed by atoms with E-state index < -0.39 is 0 Å². The topological polar surface area (TPSA) is 12.0 Å². The summed E-state index contributed by atoms with van der Waals surface area (Å²) >= 11 is 1.57. The minimum absolute atomic E-state index is 1.57. The van der Waals surface area contributed by atoms with Gasteiger partial charge in [-0.15, -0.1) is 0 Å². The summed E-state index contributed by atoms with van der Waals surface area (Å²) < 4.78 is 2.97. The highest BCUT2D eigenvalue weighted by molar-refractivity contribution is 8.00. The Kier molecular flexibility index (Phi) is 2.03. The van der Waals surface area contributed by atoms with Crippen LogP contribution < -0.4 is 4.72 Å². The van der Waals surface area contributed by atoms with Gasteiger partial charge in [-0.1, -0.05) is 30.2 Å². The SMILES string of the molecule is [CH]1C=CC=CSN1. The van der Waals surface area contributed by atoms with Crippen LogP contribution in [-0.4, -0.2) is 0 Å². The molecule has 1 N–H and O–H groups in total. The highest BCUT2D eigenvalue weighted by atomic mass is 32.2. The number of hydrogen-bond donors (Lipinski definition) is 1. The Bertz CT molecular complexity index is 84.3. The van der Waals surface area contributed by atoms with Gasteiger partial charge in [0.15, 0.2) is 0 Å². The molecule has 2 heteroatoms. The van der Waals surface area contributed by atoms with E-state index in [-0.39, 0.29) is 0 Å². The van der Waals surface area contributed by atoms with Crippen molar-refractivity contribution in [2.45, 2.75) is 0 Å². The summed E-state index contributed by atoms with van der Waals surface area (Å²) in [5, 5.41) is 1.99. The summed E-state index contributed by atoms with van der Waals surface area (Å²) in [7, 11) is 0. The lowest BCUT2D eigenvalue weighted by Gasteiger charge is -1.86. The van der Waals surface area contributed by atoms with Gasteiger partial charge in [0.1, 0.15) is 0 Å².